The van der Waals surface area contributed by atoms with Crippen molar-refractivity contribution >= 4 is 0 Å². The van der Waals surface area contributed by atoms with Gasteiger partial charge < -0.3 is 10.1 Å². The molecule has 1 atom stereocenters. The van der Waals surface area contributed by atoms with Crippen molar-refractivity contribution in [2.45, 2.75) is 26.2 Å². The van der Waals surface area contributed by atoms with Gasteiger partial charge in [-0.3, -0.25) is 0 Å². The van der Waals surface area contributed by atoms with Gasteiger partial charge in [-0.15, -0.1) is 0 Å². The van der Waals surface area contributed by atoms with Gasteiger partial charge in [0, 0.05) is 0 Å². The van der Waals surface area contributed by atoms with Gasteiger partial charge in [-0.2, -0.15) is 0 Å². The van der Waals surface area contributed by atoms with Crippen LogP contribution in [0.3, 0.4) is 0 Å². The summed E-state index contributed by atoms with van der Waals surface area (Å²) in [5.41, 5.74) is 1.37. The summed E-state index contributed by atoms with van der Waals surface area (Å²) in [5, 5.41) is 3.27. The molecule has 0 bridgehead atoms. The van der Waals surface area contributed by atoms with Crippen molar-refractivity contribution in [1.82, 2.24) is 5.32 Å². The zero-order valence-corrected chi connectivity index (χ0v) is 10.6. The Morgan fingerprint density at radius 1 is 1.38 bits per heavy atom. The Kier molecular flexibility index (Phi) is 5.94. The molecular weight excluding hydrogens is 198 g/mol. The van der Waals surface area contributed by atoms with Gasteiger partial charge in [0.15, 0.2) is 0 Å². The first-order chi connectivity index (χ1) is 7.80. The van der Waals surface area contributed by atoms with Gasteiger partial charge in [0.05, 0.1) is 7.11 Å². The highest BCUT2D eigenvalue weighted by molar-refractivity contribution is 5.28. The van der Waals surface area contributed by atoms with Gasteiger partial charge in [0.25, 0.3) is 0 Å². The van der Waals surface area contributed by atoms with Crippen molar-refractivity contribution in [2.24, 2.45) is 5.92 Å². The van der Waals surface area contributed by atoms with E-state index in [2.05, 4.69) is 30.4 Å². The quantitative estimate of drug-likeness (QED) is 0.764. The molecular formula is C14H23NO. The van der Waals surface area contributed by atoms with Crippen LogP contribution in [0.1, 0.15) is 25.3 Å². The van der Waals surface area contributed by atoms with E-state index in [1.807, 2.05) is 13.1 Å². The lowest BCUT2D eigenvalue weighted by atomic mass is 9.95. The molecule has 16 heavy (non-hydrogen) atoms. The Morgan fingerprint density at radius 3 is 2.81 bits per heavy atom. The Balaban J connectivity index is 2.60. The largest absolute Gasteiger partial charge is 0.497 e. The van der Waals surface area contributed by atoms with E-state index in [-0.39, 0.29) is 0 Å². The normalized spacial score (nSPS) is 12.4. The van der Waals surface area contributed by atoms with Crippen molar-refractivity contribution in [3.05, 3.63) is 29.8 Å². The van der Waals surface area contributed by atoms with Crippen molar-refractivity contribution in [1.29, 1.82) is 0 Å². The summed E-state index contributed by atoms with van der Waals surface area (Å²) in [4.78, 5) is 0. The average molecular weight is 221 g/mol. The lowest BCUT2D eigenvalue weighted by Crippen LogP contribution is -2.20. The minimum atomic E-state index is 0.724. The van der Waals surface area contributed by atoms with Crippen LogP contribution < -0.4 is 10.1 Å². The lowest BCUT2D eigenvalue weighted by Gasteiger charge is -2.16. The van der Waals surface area contributed by atoms with E-state index in [0.29, 0.717) is 0 Å². The molecule has 1 rings (SSSR count). The topological polar surface area (TPSA) is 21.3 Å². The molecule has 0 amide bonds. The van der Waals surface area contributed by atoms with Gasteiger partial charge in [-0.05, 0) is 50.0 Å². The first-order valence-electron chi connectivity index (χ1n) is 6.07. The maximum absolute atomic E-state index is 5.24. The number of hydrogen-bond acceptors (Lipinski definition) is 2. The monoisotopic (exact) mass is 221 g/mol. The first kappa shape index (κ1) is 13.0. The zero-order valence-electron chi connectivity index (χ0n) is 10.6. The van der Waals surface area contributed by atoms with E-state index < -0.39 is 0 Å². The number of ether oxygens (including phenoxy) is 1. The van der Waals surface area contributed by atoms with Gasteiger partial charge in [0.1, 0.15) is 5.75 Å². The second-order valence-electron chi connectivity index (χ2n) is 4.27. The summed E-state index contributed by atoms with van der Waals surface area (Å²) >= 11 is 0. The number of hydrogen-bond donors (Lipinski definition) is 1. The molecule has 0 aliphatic heterocycles. The smallest absolute Gasteiger partial charge is 0.119 e. The molecule has 2 nitrogen and oxygen atoms in total. The molecule has 0 saturated carbocycles. The number of nitrogens with one attached hydrogen (secondary N) is 1. The predicted octanol–water partition coefficient (Wildman–Crippen LogP) is 2.87. The van der Waals surface area contributed by atoms with Crippen LogP contribution in [0.15, 0.2) is 24.3 Å². The van der Waals surface area contributed by atoms with Crippen LogP contribution in [0, 0.1) is 5.92 Å². The second kappa shape index (κ2) is 7.29. The molecule has 0 saturated heterocycles. The predicted molar refractivity (Wildman–Crippen MR) is 69.0 cm³/mol. The third-order valence-electron chi connectivity index (χ3n) is 2.85. The molecule has 1 unspecified atom stereocenters. The molecule has 0 heterocycles. The third kappa shape index (κ3) is 4.23. The number of benzene rings is 1. The molecule has 1 N–H and O–H groups in total. The van der Waals surface area contributed by atoms with E-state index in [1.54, 1.807) is 7.11 Å². The molecule has 0 spiro atoms. The Bertz CT molecular complexity index is 293. The maximum atomic E-state index is 5.24. The summed E-state index contributed by atoms with van der Waals surface area (Å²) in [6, 6.07) is 8.38. The number of rotatable bonds is 7. The average Bonchev–Trinajstić information content (AvgIpc) is 2.30. The second-order valence-corrected chi connectivity index (χ2v) is 4.27. The standard InChI is InChI=1S/C14H23NO/c1-4-6-13(11-15-2)9-12-7-5-8-14(10-12)16-3/h5,7-8,10,13,15H,4,6,9,11H2,1-3H3. The molecule has 0 aliphatic carbocycles. The molecule has 0 aromatic heterocycles. The Hall–Kier alpha value is -1.02. The van der Waals surface area contributed by atoms with E-state index >= 15 is 0 Å². The van der Waals surface area contributed by atoms with Gasteiger partial charge in [-0.25, -0.2) is 0 Å². The maximum Gasteiger partial charge on any atom is 0.119 e. The van der Waals surface area contributed by atoms with E-state index in [4.69, 9.17) is 4.74 Å². The molecule has 0 radical (unpaired) electrons. The summed E-state index contributed by atoms with van der Waals surface area (Å²) in [6.45, 7) is 3.33. The first-order valence-corrected chi connectivity index (χ1v) is 6.07. The van der Waals surface area contributed by atoms with Gasteiger partial charge in [0.2, 0.25) is 0 Å². The molecule has 0 fully saturated rings. The fraction of sp³-hybridized carbons (Fsp3) is 0.571. The summed E-state index contributed by atoms with van der Waals surface area (Å²) < 4.78 is 5.24. The lowest BCUT2D eigenvalue weighted by molar-refractivity contribution is 0.412. The SMILES string of the molecule is CCCC(CNC)Cc1cccc(OC)c1. The van der Waals surface area contributed by atoms with E-state index in [1.165, 1.54) is 18.4 Å². The highest BCUT2D eigenvalue weighted by Gasteiger charge is 2.08. The van der Waals surface area contributed by atoms with Crippen molar-refractivity contribution in [2.75, 3.05) is 20.7 Å². The van der Waals surface area contributed by atoms with Crippen molar-refractivity contribution in [3.63, 3.8) is 0 Å². The summed E-state index contributed by atoms with van der Waals surface area (Å²) in [6.07, 6.45) is 3.65. The Labute approximate surface area is 99.0 Å². The third-order valence-corrected chi connectivity index (χ3v) is 2.85. The highest BCUT2D eigenvalue weighted by atomic mass is 16.5. The van der Waals surface area contributed by atoms with Crippen LogP contribution >= 0.6 is 0 Å². The fourth-order valence-electron chi connectivity index (χ4n) is 2.11. The van der Waals surface area contributed by atoms with Crippen molar-refractivity contribution in [3.8, 4) is 5.75 Å². The van der Waals surface area contributed by atoms with Crippen LogP contribution in [-0.4, -0.2) is 20.7 Å². The van der Waals surface area contributed by atoms with Crippen LogP contribution in [0.2, 0.25) is 0 Å². The Morgan fingerprint density at radius 2 is 2.19 bits per heavy atom. The van der Waals surface area contributed by atoms with Crippen LogP contribution in [-0.2, 0) is 6.42 Å². The minimum Gasteiger partial charge on any atom is -0.497 e. The van der Waals surface area contributed by atoms with Crippen LogP contribution in [0.5, 0.6) is 5.75 Å². The number of methoxy groups -OCH3 is 1. The summed E-state index contributed by atoms with van der Waals surface area (Å²) in [5.74, 6) is 1.68. The zero-order chi connectivity index (χ0) is 11.8. The molecule has 0 aliphatic rings. The van der Waals surface area contributed by atoms with E-state index in [0.717, 1.165) is 24.6 Å². The molecule has 90 valence electrons. The van der Waals surface area contributed by atoms with Gasteiger partial charge in [-0.1, -0.05) is 25.5 Å². The van der Waals surface area contributed by atoms with Crippen LogP contribution in [0.4, 0.5) is 0 Å². The summed E-state index contributed by atoms with van der Waals surface area (Å²) in [7, 11) is 3.74. The minimum absolute atomic E-state index is 0.724. The van der Waals surface area contributed by atoms with Crippen molar-refractivity contribution < 1.29 is 4.74 Å². The van der Waals surface area contributed by atoms with Crippen LogP contribution in [0.25, 0.3) is 0 Å². The van der Waals surface area contributed by atoms with Gasteiger partial charge >= 0.3 is 0 Å². The molecule has 1 aromatic carbocycles. The molecule has 2 heteroatoms. The highest BCUT2D eigenvalue weighted by Crippen LogP contribution is 2.18. The van der Waals surface area contributed by atoms with E-state index in [9.17, 15) is 0 Å². The fourth-order valence-corrected chi connectivity index (χ4v) is 2.11. The molecule has 1 aromatic rings.